The topological polar surface area (TPSA) is 300 Å². The number of unbranched alkanes of at least 4 members (excludes halogenated alkanes) is 1. The zero-order valence-electron chi connectivity index (χ0n) is 19.0. The molecule has 198 valence electrons. The highest BCUT2D eigenvalue weighted by molar-refractivity contribution is 5.97. The number of carboxylic acid groups (broad SMARTS) is 2. The monoisotopic (exact) mass is 503 g/mol. The molecule has 16 heteroatoms. The van der Waals surface area contributed by atoms with Gasteiger partial charge in [0.1, 0.15) is 18.1 Å². The summed E-state index contributed by atoms with van der Waals surface area (Å²) in [6.45, 7) is 0.313. The van der Waals surface area contributed by atoms with Crippen LogP contribution in [0.25, 0.3) is 0 Å². The van der Waals surface area contributed by atoms with Gasteiger partial charge in [-0.15, -0.1) is 0 Å². The highest BCUT2D eigenvalue weighted by Crippen LogP contribution is 2.04. The second-order valence-electron chi connectivity index (χ2n) is 7.69. The van der Waals surface area contributed by atoms with Crippen molar-refractivity contribution in [2.45, 2.75) is 69.1 Å². The van der Waals surface area contributed by atoms with Crippen molar-refractivity contribution in [1.82, 2.24) is 16.0 Å². The normalized spacial score (nSPS) is 14.0. The van der Waals surface area contributed by atoms with Crippen molar-refractivity contribution >= 4 is 41.5 Å². The zero-order valence-corrected chi connectivity index (χ0v) is 19.0. The lowest BCUT2D eigenvalue weighted by Gasteiger charge is -2.24. The Balaban J connectivity index is 5.47. The summed E-state index contributed by atoms with van der Waals surface area (Å²) in [6, 6.07) is -5.93. The predicted molar refractivity (Wildman–Crippen MR) is 119 cm³/mol. The first-order valence-corrected chi connectivity index (χ1v) is 10.7. The minimum atomic E-state index is -1.63. The summed E-state index contributed by atoms with van der Waals surface area (Å²) in [5.74, 6) is -7.69. The molecule has 13 N–H and O–H groups in total. The maximum Gasteiger partial charge on any atom is 0.326 e. The first-order valence-electron chi connectivity index (χ1n) is 10.7. The van der Waals surface area contributed by atoms with Gasteiger partial charge in [0.2, 0.25) is 29.5 Å². The van der Waals surface area contributed by atoms with E-state index in [0.29, 0.717) is 19.4 Å². The summed E-state index contributed by atoms with van der Waals surface area (Å²) in [5.41, 5.74) is 21.2. The van der Waals surface area contributed by atoms with Crippen molar-refractivity contribution in [2.24, 2.45) is 22.9 Å². The van der Waals surface area contributed by atoms with Crippen LogP contribution < -0.4 is 38.9 Å². The van der Waals surface area contributed by atoms with Gasteiger partial charge in [-0.05, 0) is 32.2 Å². The minimum Gasteiger partial charge on any atom is -0.481 e. The van der Waals surface area contributed by atoms with Crippen molar-refractivity contribution in [1.29, 1.82) is 0 Å². The molecule has 0 bridgehead atoms. The summed E-state index contributed by atoms with van der Waals surface area (Å²) in [5, 5.41) is 24.5. The van der Waals surface area contributed by atoms with Gasteiger partial charge >= 0.3 is 11.9 Å². The summed E-state index contributed by atoms with van der Waals surface area (Å²) in [4.78, 5) is 82.4. The Kier molecular flexibility index (Phi) is 14.2. The molecule has 16 nitrogen and oxygen atoms in total. The maximum atomic E-state index is 12.7. The number of hydrogen-bond donors (Lipinski definition) is 9. The molecule has 0 radical (unpaired) electrons. The number of primary amides is 2. The Bertz CT molecular complexity index is 806. The van der Waals surface area contributed by atoms with Crippen LogP contribution in [0.15, 0.2) is 0 Å². The third-order valence-electron chi connectivity index (χ3n) is 4.64. The molecule has 0 aliphatic rings. The van der Waals surface area contributed by atoms with Crippen LogP contribution in [0.5, 0.6) is 0 Å². The predicted octanol–water partition coefficient (Wildman–Crippen LogP) is -4.40. The molecule has 0 saturated heterocycles. The molecule has 0 fully saturated rings. The Morgan fingerprint density at radius 1 is 0.686 bits per heavy atom. The number of rotatable bonds is 18. The van der Waals surface area contributed by atoms with Crippen molar-refractivity contribution in [2.75, 3.05) is 6.54 Å². The Labute approximate surface area is 200 Å². The third-order valence-corrected chi connectivity index (χ3v) is 4.64. The van der Waals surface area contributed by atoms with Crippen molar-refractivity contribution < 1.29 is 43.8 Å². The lowest BCUT2D eigenvalue weighted by Crippen LogP contribution is -2.58. The lowest BCUT2D eigenvalue weighted by molar-refractivity contribution is -0.143. The fourth-order valence-electron chi connectivity index (χ4n) is 2.80. The molecule has 0 saturated carbocycles. The number of nitrogens with two attached hydrogens (primary N) is 4. The Morgan fingerprint density at radius 2 is 1.14 bits per heavy atom. The van der Waals surface area contributed by atoms with E-state index in [-0.39, 0.29) is 12.8 Å². The SMILES string of the molecule is NCCCCC(NC(=O)C(CC(N)=O)NC(=O)C(CC(N)=O)NC(=O)C(N)CCC(=O)O)C(=O)O. The van der Waals surface area contributed by atoms with Crippen LogP contribution in [-0.4, -0.2) is 82.4 Å². The van der Waals surface area contributed by atoms with Gasteiger partial charge in [-0.3, -0.25) is 28.8 Å². The van der Waals surface area contributed by atoms with Crippen LogP contribution in [0.4, 0.5) is 0 Å². The van der Waals surface area contributed by atoms with E-state index >= 15 is 0 Å². The molecule has 0 spiro atoms. The van der Waals surface area contributed by atoms with E-state index < -0.39 is 84.9 Å². The molecule has 0 rings (SSSR count). The van der Waals surface area contributed by atoms with Crippen molar-refractivity contribution in [3.05, 3.63) is 0 Å². The van der Waals surface area contributed by atoms with E-state index in [1.54, 1.807) is 0 Å². The first kappa shape index (κ1) is 31.2. The second kappa shape index (κ2) is 15.9. The summed E-state index contributed by atoms with van der Waals surface area (Å²) in [7, 11) is 0. The number of nitrogens with one attached hydrogen (secondary N) is 3. The number of aliphatic carboxylic acids is 2. The number of carbonyl (C=O) groups is 7. The van der Waals surface area contributed by atoms with Gasteiger partial charge in [0.05, 0.1) is 18.9 Å². The minimum absolute atomic E-state index is 0.0318. The van der Waals surface area contributed by atoms with Crippen LogP contribution in [0.1, 0.15) is 44.9 Å². The van der Waals surface area contributed by atoms with Gasteiger partial charge in [-0.2, -0.15) is 0 Å². The molecule has 0 aromatic carbocycles. The molecule has 4 unspecified atom stereocenters. The average Bonchev–Trinajstić information content (AvgIpc) is 2.74. The van der Waals surface area contributed by atoms with E-state index in [2.05, 4.69) is 16.0 Å². The van der Waals surface area contributed by atoms with Gasteiger partial charge in [-0.25, -0.2) is 4.79 Å². The molecule has 0 aliphatic carbocycles. The van der Waals surface area contributed by atoms with Gasteiger partial charge < -0.3 is 49.1 Å². The summed E-state index contributed by atoms with van der Waals surface area (Å²) in [6.07, 6.45) is -1.21. The molecule has 35 heavy (non-hydrogen) atoms. The van der Waals surface area contributed by atoms with Crippen LogP contribution >= 0.6 is 0 Å². The summed E-state index contributed by atoms with van der Waals surface area (Å²) >= 11 is 0. The largest absolute Gasteiger partial charge is 0.481 e. The average molecular weight is 504 g/mol. The smallest absolute Gasteiger partial charge is 0.326 e. The molecule has 0 aliphatic heterocycles. The number of carboxylic acids is 2. The molecule has 0 aromatic rings. The van der Waals surface area contributed by atoms with E-state index in [9.17, 15) is 38.7 Å². The Hall–Kier alpha value is -3.79. The van der Waals surface area contributed by atoms with E-state index in [4.69, 9.17) is 28.0 Å². The Morgan fingerprint density at radius 3 is 1.54 bits per heavy atom. The fourth-order valence-corrected chi connectivity index (χ4v) is 2.80. The van der Waals surface area contributed by atoms with E-state index in [1.807, 2.05) is 0 Å². The molecular weight excluding hydrogens is 470 g/mol. The highest BCUT2D eigenvalue weighted by atomic mass is 16.4. The van der Waals surface area contributed by atoms with Crippen molar-refractivity contribution in [3.63, 3.8) is 0 Å². The van der Waals surface area contributed by atoms with Gasteiger partial charge in [-0.1, -0.05) is 0 Å². The quantitative estimate of drug-likeness (QED) is 0.0804. The van der Waals surface area contributed by atoms with E-state index in [1.165, 1.54) is 0 Å². The number of amides is 5. The molecule has 5 amide bonds. The van der Waals surface area contributed by atoms with Crippen LogP contribution in [0.3, 0.4) is 0 Å². The van der Waals surface area contributed by atoms with Gasteiger partial charge in [0.25, 0.3) is 0 Å². The standard InChI is InChI=1S/C19H33N7O9/c20-6-2-1-3-10(19(34)35)24-17(32)12(8-14(23)28)26-18(33)11(7-13(22)27)25-16(31)9(21)4-5-15(29)30/h9-12H,1-8,20-21H2,(H2,22,27)(H2,23,28)(H,24,32)(H,25,31)(H,26,33)(H,29,30)(H,34,35). The number of carbonyl (C=O) groups excluding carboxylic acids is 5. The maximum absolute atomic E-state index is 12.7. The summed E-state index contributed by atoms with van der Waals surface area (Å²) < 4.78 is 0. The molecule has 0 heterocycles. The third kappa shape index (κ3) is 13.5. The molecule has 4 atom stereocenters. The van der Waals surface area contributed by atoms with E-state index in [0.717, 1.165) is 0 Å². The second-order valence-corrected chi connectivity index (χ2v) is 7.69. The fraction of sp³-hybridized carbons (Fsp3) is 0.632. The number of hydrogen-bond acceptors (Lipinski definition) is 9. The van der Waals surface area contributed by atoms with Crippen molar-refractivity contribution in [3.8, 4) is 0 Å². The lowest BCUT2D eigenvalue weighted by atomic mass is 10.1. The molecular formula is C19H33N7O9. The van der Waals surface area contributed by atoms with Crippen LogP contribution in [-0.2, 0) is 33.6 Å². The van der Waals surface area contributed by atoms with Gasteiger partial charge in [0, 0.05) is 6.42 Å². The molecule has 0 aromatic heterocycles. The highest BCUT2D eigenvalue weighted by Gasteiger charge is 2.32. The van der Waals surface area contributed by atoms with Crippen LogP contribution in [0, 0.1) is 0 Å². The zero-order chi connectivity index (χ0) is 27.1. The first-order chi connectivity index (χ1) is 16.3. The van der Waals surface area contributed by atoms with Gasteiger partial charge in [0.15, 0.2) is 0 Å². The van der Waals surface area contributed by atoms with Crippen LogP contribution in [0.2, 0.25) is 0 Å².